The summed E-state index contributed by atoms with van der Waals surface area (Å²) in [7, 11) is 0. The van der Waals surface area contributed by atoms with E-state index in [2.05, 4.69) is 10.5 Å². The lowest BCUT2D eigenvalue weighted by atomic mass is 9.47. The highest BCUT2D eigenvalue weighted by Crippen LogP contribution is 2.63. The number of hydrogen-bond acceptors (Lipinski definition) is 6. The fourth-order valence-electron chi connectivity index (χ4n) is 7.18. The van der Waals surface area contributed by atoms with Crippen molar-refractivity contribution >= 4 is 29.6 Å². The summed E-state index contributed by atoms with van der Waals surface area (Å²) in [5.74, 6) is -1.45. The lowest BCUT2D eigenvalue weighted by Crippen LogP contribution is -2.54. The lowest BCUT2D eigenvalue weighted by molar-refractivity contribution is -0.122. The van der Waals surface area contributed by atoms with Crippen LogP contribution in [0.15, 0.2) is 102 Å². The molecule has 4 aromatic carbocycles. The summed E-state index contributed by atoms with van der Waals surface area (Å²) in [6.45, 7) is 0.107. The molecule has 5 aliphatic rings. The van der Waals surface area contributed by atoms with Crippen molar-refractivity contribution in [1.82, 2.24) is 5.43 Å². The number of fused-ring (bicyclic) bond motifs is 1. The van der Waals surface area contributed by atoms with Gasteiger partial charge in [0, 0.05) is 17.7 Å². The number of para-hydroxylation sites is 1. The second kappa shape index (κ2) is 8.63. The number of amides is 3. The molecule has 8 nitrogen and oxygen atoms in total. The monoisotopic (exact) mass is 541 g/mol. The summed E-state index contributed by atoms with van der Waals surface area (Å²) >= 11 is 0. The third-order valence-electron chi connectivity index (χ3n) is 8.77. The smallest absolute Gasteiger partial charge is 0.271 e. The van der Waals surface area contributed by atoms with E-state index in [1.807, 2.05) is 66.7 Å². The fraction of sp³-hybridized carbons (Fsp3) is 0.152. The van der Waals surface area contributed by atoms with Gasteiger partial charge >= 0.3 is 0 Å². The summed E-state index contributed by atoms with van der Waals surface area (Å²) in [6.07, 6.45) is 1.66. The molecule has 2 unspecified atom stereocenters. The number of benzene rings is 4. The van der Waals surface area contributed by atoms with Crippen LogP contribution in [0.5, 0.6) is 11.5 Å². The van der Waals surface area contributed by atoms with Crippen molar-refractivity contribution in [2.24, 2.45) is 16.9 Å². The molecule has 4 aromatic rings. The topological polar surface area (TPSA) is 97.3 Å². The fourth-order valence-corrected chi connectivity index (χ4v) is 7.18. The molecule has 3 aliphatic carbocycles. The van der Waals surface area contributed by atoms with E-state index in [1.54, 1.807) is 36.5 Å². The second-order valence-electron chi connectivity index (χ2n) is 10.6. The first kappa shape index (κ1) is 23.6. The van der Waals surface area contributed by atoms with Crippen molar-refractivity contribution < 1.29 is 23.9 Å². The Kier molecular flexibility index (Phi) is 4.97. The van der Waals surface area contributed by atoms with Crippen LogP contribution >= 0.6 is 0 Å². The molecule has 8 heteroatoms. The Labute approximate surface area is 235 Å². The molecular weight excluding hydrogens is 518 g/mol. The Hall–Kier alpha value is -5.24. The Morgan fingerprint density at radius 1 is 0.829 bits per heavy atom. The van der Waals surface area contributed by atoms with Crippen molar-refractivity contribution in [2.75, 3.05) is 11.7 Å². The van der Waals surface area contributed by atoms with Gasteiger partial charge in [0.1, 0.15) is 0 Å². The quantitative estimate of drug-likeness (QED) is 0.235. The molecular formula is C33H23N3O5. The number of nitrogens with one attached hydrogen (secondary N) is 1. The van der Waals surface area contributed by atoms with Crippen molar-refractivity contribution in [3.63, 3.8) is 0 Å². The lowest BCUT2D eigenvalue weighted by Gasteiger charge is -2.52. The SMILES string of the molecule is O=C(N/N=C/C12c3ccccc3C(c3ccccc31)C1C(=O)N(c3ccccc3)C(=O)C12)c1ccc2c(c1)OCO2. The van der Waals surface area contributed by atoms with E-state index < -0.39 is 23.2 Å². The third-order valence-corrected chi connectivity index (χ3v) is 8.77. The van der Waals surface area contributed by atoms with Gasteiger partial charge in [0.25, 0.3) is 5.91 Å². The van der Waals surface area contributed by atoms with E-state index in [0.29, 0.717) is 22.7 Å². The molecule has 0 spiro atoms. The molecule has 1 saturated heterocycles. The highest BCUT2D eigenvalue weighted by molar-refractivity contribution is 6.25. The molecule has 0 radical (unpaired) electrons. The van der Waals surface area contributed by atoms with E-state index in [9.17, 15) is 14.4 Å². The van der Waals surface area contributed by atoms with Gasteiger partial charge in [0.15, 0.2) is 11.5 Å². The highest BCUT2D eigenvalue weighted by Gasteiger charge is 2.68. The first-order valence-electron chi connectivity index (χ1n) is 13.5. The number of hydrazone groups is 1. The number of carbonyl (C=O) groups excluding carboxylic acids is 3. The molecule has 41 heavy (non-hydrogen) atoms. The summed E-state index contributed by atoms with van der Waals surface area (Å²) in [4.78, 5) is 42.9. The standard InChI is InChI=1S/C33H23N3O5/c37-30(19-14-15-25-26(16-19)41-18-40-25)35-34-17-33-23-12-6-4-10-21(23)27(22-11-5-7-13-24(22)33)28-29(33)32(39)36(31(28)38)20-8-2-1-3-9-20/h1-17,27-29H,18H2,(H,35,37)/b34-17+. The van der Waals surface area contributed by atoms with Crippen LogP contribution in [0.4, 0.5) is 5.69 Å². The minimum Gasteiger partial charge on any atom is -0.454 e. The Bertz CT molecular complexity index is 1750. The van der Waals surface area contributed by atoms with Crippen LogP contribution in [0.3, 0.4) is 0 Å². The number of rotatable bonds is 4. The van der Waals surface area contributed by atoms with Gasteiger partial charge in [-0.3, -0.25) is 14.4 Å². The first-order chi connectivity index (χ1) is 20.1. The Morgan fingerprint density at radius 2 is 1.49 bits per heavy atom. The summed E-state index contributed by atoms with van der Waals surface area (Å²) in [6, 6.07) is 29.8. The maximum Gasteiger partial charge on any atom is 0.271 e. The van der Waals surface area contributed by atoms with Crippen molar-refractivity contribution in [2.45, 2.75) is 11.3 Å². The largest absolute Gasteiger partial charge is 0.454 e. The minimum atomic E-state index is -1.06. The molecule has 0 aromatic heterocycles. The van der Waals surface area contributed by atoms with Gasteiger partial charge in [0.05, 0.1) is 22.9 Å². The molecule has 3 amide bonds. The van der Waals surface area contributed by atoms with Gasteiger partial charge in [-0.15, -0.1) is 0 Å². The van der Waals surface area contributed by atoms with E-state index in [-0.39, 0.29) is 24.5 Å². The molecule has 2 aliphatic heterocycles. The third kappa shape index (κ3) is 3.15. The van der Waals surface area contributed by atoms with Gasteiger partial charge in [-0.25, -0.2) is 10.3 Å². The Balaban J connectivity index is 1.27. The molecule has 2 heterocycles. The van der Waals surface area contributed by atoms with E-state index in [0.717, 1.165) is 22.3 Å². The van der Waals surface area contributed by atoms with Crippen LogP contribution in [-0.4, -0.2) is 30.7 Å². The van der Waals surface area contributed by atoms with Crippen LogP contribution in [0.25, 0.3) is 0 Å². The maximum atomic E-state index is 14.3. The van der Waals surface area contributed by atoms with Crippen LogP contribution in [-0.2, 0) is 15.0 Å². The van der Waals surface area contributed by atoms with Crippen LogP contribution in [0.2, 0.25) is 0 Å². The van der Waals surface area contributed by atoms with Crippen LogP contribution in [0, 0.1) is 11.8 Å². The number of anilines is 1. The first-order valence-corrected chi connectivity index (χ1v) is 13.5. The Morgan fingerprint density at radius 3 is 2.22 bits per heavy atom. The summed E-state index contributed by atoms with van der Waals surface area (Å²) in [5.41, 5.74) is 6.32. The van der Waals surface area contributed by atoms with Gasteiger partial charge in [-0.1, -0.05) is 66.7 Å². The van der Waals surface area contributed by atoms with Gasteiger partial charge in [0.2, 0.25) is 18.6 Å². The number of ether oxygens (including phenoxy) is 2. The molecule has 1 N–H and O–H groups in total. The van der Waals surface area contributed by atoms with Crippen molar-refractivity contribution in [1.29, 1.82) is 0 Å². The van der Waals surface area contributed by atoms with Crippen LogP contribution in [0.1, 0.15) is 38.5 Å². The number of carbonyl (C=O) groups is 3. The summed E-state index contributed by atoms with van der Waals surface area (Å²) < 4.78 is 10.8. The minimum absolute atomic E-state index is 0.107. The predicted octanol–water partition coefficient (Wildman–Crippen LogP) is 4.38. The molecule has 1 fully saturated rings. The average molecular weight is 542 g/mol. The van der Waals surface area contributed by atoms with Gasteiger partial charge in [-0.05, 0) is 52.6 Å². The predicted molar refractivity (Wildman–Crippen MR) is 150 cm³/mol. The zero-order chi connectivity index (χ0) is 27.7. The van der Waals surface area contributed by atoms with E-state index in [4.69, 9.17) is 9.47 Å². The van der Waals surface area contributed by atoms with E-state index in [1.165, 1.54) is 4.90 Å². The van der Waals surface area contributed by atoms with E-state index >= 15 is 0 Å². The highest BCUT2D eigenvalue weighted by atomic mass is 16.7. The van der Waals surface area contributed by atoms with Gasteiger partial charge in [-0.2, -0.15) is 5.10 Å². The second-order valence-corrected chi connectivity index (χ2v) is 10.6. The van der Waals surface area contributed by atoms with Gasteiger partial charge < -0.3 is 9.47 Å². The van der Waals surface area contributed by atoms with Crippen molar-refractivity contribution in [3.05, 3.63) is 125 Å². The maximum absolute atomic E-state index is 14.3. The molecule has 200 valence electrons. The normalized spacial score (nSPS) is 24.8. The van der Waals surface area contributed by atoms with Crippen LogP contribution < -0.4 is 19.8 Å². The summed E-state index contributed by atoms with van der Waals surface area (Å²) in [5, 5.41) is 4.47. The zero-order valence-corrected chi connectivity index (χ0v) is 21.7. The molecule has 9 rings (SSSR count). The average Bonchev–Trinajstić information content (AvgIpc) is 3.59. The number of nitrogens with zero attached hydrogens (tertiary/aromatic N) is 2. The molecule has 0 saturated carbocycles. The zero-order valence-electron chi connectivity index (χ0n) is 21.7. The van der Waals surface area contributed by atoms with Crippen molar-refractivity contribution in [3.8, 4) is 11.5 Å². The molecule has 2 bridgehead atoms. The number of hydrogen-bond donors (Lipinski definition) is 1. The molecule has 2 atom stereocenters. The number of imide groups is 1.